The first-order valence-corrected chi connectivity index (χ1v) is 6.09. The van der Waals surface area contributed by atoms with Gasteiger partial charge in [0.1, 0.15) is 0 Å². The minimum absolute atomic E-state index is 0.0259. The average molecular weight is 213 g/mol. The topological polar surface area (TPSA) is 38.3 Å². The van der Waals surface area contributed by atoms with E-state index in [9.17, 15) is 4.79 Å². The molecule has 15 heavy (non-hydrogen) atoms. The molecule has 1 saturated carbocycles. The quantitative estimate of drug-likeness (QED) is 0.561. The Morgan fingerprint density at radius 1 is 1.33 bits per heavy atom. The van der Waals surface area contributed by atoms with Gasteiger partial charge in [0, 0.05) is 6.04 Å². The van der Waals surface area contributed by atoms with Crippen molar-refractivity contribution in [3.05, 3.63) is 0 Å². The fourth-order valence-electron chi connectivity index (χ4n) is 2.18. The monoisotopic (exact) mass is 213 g/mol. The van der Waals surface area contributed by atoms with E-state index >= 15 is 0 Å². The number of hydrogen-bond acceptors (Lipinski definition) is 3. The van der Waals surface area contributed by atoms with E-state index in [1.54, 1.807) is 0 Å². The average Bonchev–Trinajstić information content (AvgIpc) is 2.29. The zero-order chi connectivity index (χ0) is 11.1. The Labute approximate surface area is 92.6 Å². The Kier molecular flexibility index (Phi) is 5.69. The molecule has 0 unspecified atom stereocenters. The highest BCUT2D eigenvalue weighted by atomic mass is 16.5. The fraction of sp³-hybridized carbons (Fsp3) is 0.917. The largest absolute Gasteiger partial charge is 0.469 e. The summed E-state index contributed by atoms with van der Waals surface area (Å²) in [5.41, 5.74) is 0. The number of unbranched alkanes of at least 4 members (excludes halogenated alkanes) is 1. The molecule has 0 saturated heterocycles. The highest BCUT2D eigenvalue weighted by molar-refractivity contribution is 5.72. The summed E-state index contributed by atoms with van der Waals surface area (Å²) in [6.45, 7) is 3.32. The molecule has 3 nitrogen and oxygen atoms in total. The van der Waals surface area contributed by atoms with Gasteiger partial charge in [-0.2, -0.15) is 0 Å². The second-order valence-corrected chi connectivity index (χ2v) is 4.38. The molecule has 1 fully saturated rings. The summed E-state index contributed by atoms with van der Waals surface area (Å²) in [4.78, 5) is 11.3. The maximum absolute atomic E-state index is 11.3. The minimum atomic E-state index is -0.0259. The highest BCUT2D eigenvalue weighted by Crippen LogP contribution is 2.25. The van der Waals surface area contributed by atoms with E-state index in [-0.39, 0.29) is 11.9 Å². The molecule has 0 radical (unpaired) electrons. The summed E-state index contributed by atoms with van der Waals surface area (Å²) in [6.07, 6.45) is 6.68. The number of ether oxygens (including phenoxy) is 1. The molecule has 0 atom stereocenters. The van der Waals surface area contributed by atoms with Crippen molar-refractivity contribution in [1.82, 2.24) is 5.32 Å². The van der Waals surface area contributed by atoms with Gasteiger partial charge in [0.15, 0.2) is 0 Å². The Hall–Kier alpha value is -0.570. The molecule has 3 heteroatoms. The summed E-state index contributed by atoms with van der Waals surface area (Å²) in [5.74, 6) is 0.126. The number of rotatable bonds is 5. The van der Waals surface area contributed by atoms with Gasteiger partial charge in [0.25, 0.3) is 0 Å². The molecule has 0 aliphatic heterocycles. The van der Waals surface area contributed by atoms with Crippen molar-refractivity contribution < 1.29 is 9.53 Å². The zero-order valence-electron chi connectivity index (χ0n) is 9.92. The third kappa shape index (κ3) is 4.20. The van der Waals surface area contributed by atoms with E-state index in [4.69, 9.17) is 4.74 Å². The lowest BCUT2D eigenvalue weighted by atomic mass is 9.86. The van der Waals surface area contributed by atoms with Gasteiger partial charge >= 0.3 is 5.97 Å². The van der Waals surface area contributed by atoms with E-state index < -0.39 is 0 Å². The summed E-state index contributed by atoms with van der Waals surface area (Å²) in [7, 11) is 1.48. The number of methoxy groups -OCH3 is 1. The molecular formula is C12H23NO2. The van der Waals surface area contributed by atoms with Crippen LogP contribution < -0.4 is 5.32 Å². The lowest BCUT2D eigenvalue weighted by Crippen LogP contribution is -2.35. The van der Waals surface area contributed by atoms with Crippen molar-refractivity contribution in [2.45, 2.75) is 51.5 Å². The van der Waals surface area contributed by atoms with Crippen LogP contribution in [0.1, 0.15) is 45.4 Å². The van der Waals surface area contributed by atoms with Crippen molar-refractivity contribution in [3.63, 3.8) is 0 Å². The first kappa shape index (κ1) is 12.5. The van der Waals surface area contributed by atoms with Crippen LogP contribution in [-0.4, -0.2) is 25.7 Å². The smallest absolute Gasteiger partial charge is 0.308 e. The van der Waals surface area contributed by atoms with Gasteiger partial charge < -0.3 is 10.1 Å². The molecule has 0 aromatic heterocycles. The second kappa shape index (κ2) is 6.83. The third-order valence-electron chi connectivity index (χ3n) is 3.23. The summed E-state index contributed by atoms with van der Waals surface area (Å²) in [6, 6.07) is 0.623. The summed E-state index contributed by atoms with van der Waals surface area (Å²) in [5, 5.41) is 3.55. The van der Waals surface area contributed by atoms with Gasteiger partial charge in [-0.25, -0.2) is 0 Å². The predicted molar refractivity (Wildman–Crippen MR) is 60.7 cm³/mol. The van der Waals surface area contributed by atoms with E-state index in [1.807, 2.05) is 0 Å². The fourth-order valence-corrected chi connectivity index (χ4v) is 2.18. The molecule has 0 aromatic carbocycles. The molecule has 0 heterocycles. The molecule has 1 rings (SSSR count). The minimum Gasteiger partial charge on any atom is -0.469 e. The SMILES string of the molecule is CCCCNC1CCC(C(=O)OC)CC1. The van der Waals surface area contributed by atoms with E-state index in [1.165, 1.54) is 20.0 Å². The molecule has 0 aromatic rings. The number of carbonyl (C=O) groups is 1. The summed E-state index contributed by atoms with van der Waals surface area (Å²) < 4.78 is 4.76. The molecule has 1 N–H and O–H groups in total. The van der Waals surface area contributed by atoms with Crippen LogP contribution in [0.5, 0.6) is 0 Å². The Bertz CT molecular complexity index is 186. The number of carbonyl (C=O) groups excluding carboxylic acids is 1. The van der Waals surface area contributed by atoms with Gasteiger partial charge in [-0.1, -0.05) is 13.3 Å². The van der Waals surface area contributed by atoms with Crippen LogP contribution in [0, 0.1) is 5.92 Å². The van der Waals surface area contributed by atoms with Crippen molar-refractivity contribution >= 4 is 5.97 Å². The van der Waals surface area contributed by atoms with Crippen LogP contribution in [0.2, 0.25) is 0 Å². The van der Waals surface area contributed by atoms with Crippen molar-refractivity contribution in [2.24, 2.45) is 5.92 Å². The van der Waals surface area contributed by atoms with Crippen LogP contribution in [-0.2, 0) is 9.53 Å². The van der Waals surface area contributed by atoms with Gasteiger partial charge in [0.2, 0.25) is 0 Å². The second-order valence-electron chi connectivity index (χ2n) is 4.38. The number of esters is 1. The lowest BCUT2D eigenvalue weighted by Gasteiger charge is -2.27. The Morgan fingerprint density at radius 2 is 2.00 bits per heavy atom. The molecule has 0 spiro atoms. The predicted octanol–water partition coefficient (Wildman–Crippen LogP) is 2.11. The Balaban J connectivity index is 2.15. The molecular weight excluding hydrogens is 190 g/mol. The van der Waals surface area contributed by atoms with E-state index in [0.717, 1.165) is 32.2 Å². The lowest BCUT2D eigenvalue weighted by molar-refractivity contribution is -0.146. The number of nitrogens with one attached hydrogen (secondary N) is 1. The highest BCUT2D eigenvalue weighted by Gasteiger charge is 2.26. The normalized spacial score (nSPS) is 26.3. The van der Waals surface area contributed by atoms with Crippen molar-refractivity contribution in [2.75, 3.05) is 13.7 Å². The van der Waals surface area contributed by atoms with Crippen LogP contribution in [0.3, 0.4) is 0 Å². The molecule has 0 bridgehead atoms. The summed E-state index contributed by atoms with van der Waals surface area (Å²) >= 11 is 0. The number of hydrogen-bond donors (Lipinski definition) is 1. The molecule has 88 valence electrons. The van der Waals surface area contributed by atoms with Crippen LogP contribution >= 0.6 is 0 Å². The zero-order valence-corrected chi connectivity index (χ0v) is 9.92. The van der Waals surface area contributed by atoms with E-state index in [0.29, 0.717) is 6.04 Å². The Morgan fingerprint density at radius 3 is 2.53 bits per heavy atom. The van der Waals surface area contributed by atoms with Crippen molar-refractivity contribution in [1.29, 1.82) is 0 Å². The van der Waals surface area contributed by atoms with Crippen LogP contribution in [0.4, 0.5) is 0 Å². The maximum Gasteiger partial charge on any atom is 0.308 e. The van der Waals surface area contributed by atoms with Crippen molar-refractivity contribution in [3.8, 4) is 0 Å². The van der Waals surface area contributed by atoms with Crippen LogP contribution in [0.15, 0.2) is 0 Å². The van der Waals surface area contributed by atoms with Gasteiger partial charge in [0.05, 0.1) is 13.0 Å². The maximum atomic E-state index is 11.3. The van der Waals surface area contributed by atoms with Gasteiger partial charge in [-0.3, -0.25) is 4.79 Å². The third-order valence-corrected chi connectivity index (χ3v) is 3.23. The van der Waals surface area contributed by atoms with Crippen LogP contribution in [0.25, 0.3) is 0 Å². The molecule has 1 aliphatic carbocycles. The van der Waals surface area contributed by atoms with Gasteiger partial charge in [-0.05, 0) is 38.6 Å². The van der Waals surface area contributed by atoms with E-state index in [2.05, 4.69) is 12.2 Å². The first-order chi connectivity index (χ1) is 7.27. The van der Waals surface area contributed by atoms with Gasteiger partial charge in [-0.15, -0.1) is 0 Å². The molecule has 1 aliphatic rings. The standard InChI is InChI=1S/C12H23NO2/c1-3-4-9-13-11-7-5-10(6-8-11)12(14)15-2/h10-11,13H,3-9H2,1-2H3. The first-order valence-electron chi connectivity index (χ1n) is 6.09. The molecule has 0 amide bonds.